The molecule has 0 aromatic heterocycles. The summed E-state index contributed by atoms with van der Waals surface area (Å²) in [5, 5.41) is 10.6. The van der Waals surface area contributed by atoms with Gasteiger partial charge in [-0.2, -0.15) is 0 Å². The fraction of sp³-hybridized carbons (Fsp3) is 0.176. The Kier molecular flexibility index (Phi) is 8.48. The second kappa shape index (κ2) is 12.1. The molecule has 0 heterocycles. The van der Waals surface area contributed by atoms with Gasteiger partial charge in [-0.1, -0.05) is 142 Å². The van der Waals surface area contributed by atoms with E-state index in [1.807, 2.05) is 0 Å². The molecule has 1 nitrogen and oxygen atoms in total. The molecule has 0 aliphatic carbocycles. The van der Waals surface area contributed by atoms with Crippen LogP contribution >= 0.6 is 0 Å². The van der Waals surface area contributed by atoms with Gasteiger partial charge in [-0.25, -0.2) is 0 Å². The van der Waals surface area contributed by atoms with Crippen LogP contribution in [0.5, 0.6) is 0 Å². The lowest BCUT2D eigenvalue weighted by Crippen LogP contribution is -2.21. The van der Waals surface area contributed by atoms with E-state index in [9.17, 15) is 0 Å². The van der Waals surface area contributed by atoms with Gasteiger partial charge in [0.25, 0.3) is 0 Å². The second-order valence-corrected chi connectivity index (χ2v) is 8.64. The average molecular weight is 458 g/mol. The Balaban J connectivity index is 0.000000132. The summed E-state index contributed by atoms with van der Waals surface area (Å²) in [5.41, 5.74) is 0. The Morgan fingerprint density at radius 1 is 0.343 bits per heavy atom. The highest BCUT2D eigenvalue weighted by atomic mass is 15.1. The fourth-order valence-corrected chi connectivity index (χ4v) is 4.58. The predicted octanol–water partition coefficient (Wildman–Crippen LogP) is 9.33. The third-order valence-electron chi connectivity index (χ3n) is 6.65. The minimum Gasteiger partial charge on any atom is -0.304 e. The van der Waals surface area contributed by atoms with Gasteiger partial charge in [-0.05, 0) is 62.7 Å². The first-order chi connectivity index (χ1) is 17.2. The van der Waals surface area contributed by atoms with Crippen LogP contribution in [0.15, 0.2) is 121 Å². The van der Waals surface area contributed by atoms with Crippen molar-refractivity contribution < 1.29 is 0 Å². The number of fused-ring (bicyclic) bond motifs is 6. The molecule has 0 fully saturated rings. The molecule has 0 radical (unpaired) electrons. The standard InChI is InChI=1S/2C14H10.C6H15N/c2*1-3-7-13-11(5-1)9-10-12-6-2-4-8-14(12)13;1-4-7(5-2)6-3/h2*1-10H;4-6H2,1-3H3. The van der Waals surface area contributed by atoms with E-state index in [0.717, 1.165) is 0 Å². The van der Waals surface area contributed by atoms with Gasteiger partial charge in [-0.3, -0.25) is 0 Å². The molecule has 176 valence electrons. The van der Waals surface area contributed by atoms with E-state index in [2.05, 4.69) is 147 Å². The molecule has 0 N–H and O–H groups in total. The van der Waals surface area contributed by atoms with Crippen LogP contribution in [0.25, 0.3) is 43.1 Å². The lowest BCUT2D eigenvalue weighted by Gasteiger charge is -2.13. The maximum absolute atomic E-state index is 2.38. The third kappa shape index (κ3) is 5.88. The Morgan fingerprint density at radius 3 is 0.771 bits per heavy atom. The van der Waals surface area contributed by atoms with Gasteiger partial charge in [0.05, 0.1) is 0 Å². The van der Waals surface area contributed by atoms with Crippen LogP contribution in [0.1, 0.15) is 20.8 Å². The van der Waals surface area contributed by atoms with Crippen molar-refractivity contribution in [3.63, 3.8) is 0 Å². The molecule has 0 aliphatic rings. The van der Waals surface area contributed by atoms with E-state index >= 15 is 0 Å². The van der Waals surface area contributed by atoms with E-state index in [4.69, 9.17) is 0 Å². The Labute approximate surface area is 209 Å². The maximum atomic E-state index is 2.38. The molecule has 0 unspecified atom stereocenters. The number of hydrogen-bond donors (Lipinski definition) is 0. The number of hydrogen-bond acceptors (Lipinski definition) is 1. The van der Waals surface area contributed by atoms with Crippen LogP contribution in [0.4, 0.5) is 0 Å². The molecule has 6 rings (SSSR count). The molecule has 0 atom stereocenters. The van der Waals surface area contributed by atoms with E-state index in [0.29, 0.717) is 0 Å². The summed E-state index contributed by atoms with van der Waals surface area (Å²) < 4.78 is 0. The Bertz CT molecular complexity index is 1290. The molecule has 0 saturated carbocycles. The highest BCUT2D eigenvalue weighted by molar-refractivity contribution is 6.08. The highest BCUT2D eigenvalue weighted by Gasteiger charge is 1.98. The molecule has 0 spiro atoms. The van der Waals surface area contributed by atoms with E-state index in [-0.39, 0.29) is 0 Å². The zero-order valence-corrected chi connectivity index (χ0v) is 21.1. The summed E-state index contributed by atoms with van der Waals surface area (Å²) in [7, 11) is 0. The Hall–Kier alpha value is -3.68. The number of rotatable bonds is 3. The van der Waals surface area contributed by atoms with Crippen LogP contribution < -0.4 is 0 Å². The second-order valence-electron chi connectivity index (χ2n) is 8.64. The lowest BCUT2D eigenvalue weighted by molar-refractivity contribution is 0.321. The zero-order chi connectivity index (χ0) is 24.5. The average Bonchev–Trinajstić information content (AvgIpc) is 2.94. The number of benzene rings is 6. The summed E-state index contributed by atoms with van der Waals surface area (Å²) in [6, 6.07) is 42.7. The maximum Gasteiger partial charge on any atom is -0.00474 e. The Morgan fingerprint density at radius 2 is 0.571 bits per heavy atom. The molecular weight excluding hydrogens is 422 g/mol. The molecule has 1 heteroatoms. The highest BCUT2D eigenvalue weighted by Crippen LogP contribution is 2.25. The van der Waals surface area contributed by atoms with E-state index in [1.165, 1.54) is 62.7 Å². The summed E-state index contributed by atoms with van der Waals surface area (Å²) in [5.74, 6) is 0. The van der Waals surface area contributed by atoms with Gasteiger partial charge in [0.2, 0.25) is 0 Å². The number of nitrogens with zero attached hydrogens (tertiary/aromatic N) is 1. The van der Waals surface area contributed by atoms with Crippen LogP contribution in [-0.2, 0) is 0 Å². The molecular formula is C34H35N. The quantitative estimate of drug-likeness (QED) is 0.239. The first-order valence-electron chi connectivity index (χ1n) is 12.7. The third-order valence-corrected chi connectivity index (χ3v) is 6.65. The topological polar surface area (TPSA) is 3.24 Å². The normalized spacial score (nSPS) is 10.7. The van der Waals surface area contributed by atoms with E-state index in [1.54, 1.807) is 0 Å². The largest absolute Gasteiger partial charge is 0.304 e. The van der Waals surface area contributed by atoms with Crippen LogP contribution in [0.3, 0.4) is 0 Å². The molecule has 6 aromatic carbocycles. The van der Waals surface area contributed by atoms with Gasteiger partial charge in [0.15, 0.2) is 0 Å². The van der Waals surface area contributed by atoms with Crippen molar-refractivity contribution in [1.29, 1.82) is 0 Å². The van der Waals surface area contributed by atoms with Crippen molar-refractivity contribution in [2.75, 3.05) is 19.6 Å². The summed E-state index contributed by atoms with van der Waals surface area (Å²) in [6.07, 6.45) is 0. The van der Waals surface area contributed by atoms with Crippen LogP contribution in [0.2, 0.25) is 0 Å². The van der Waals surface area contributed by atoms with Crippen molar-refractivity contribution in [2.45, 2.75) is 20.8 Å². The summed E-state index contributed by atoms with van der Waals surface area (Å²) in [6.45, 7) is 10.1. The smallest absolute Gasteiger partial charge is 0.00474 e. The van der Waals surface area contributed by atoms with Crippen molar-refractivity contribution in [3.05, 3.63) is 121 Å². The summed E-state index contributed by atoms with van der Waals surface area (Å²) in [4.78, 5) is 2.38. The lowest BCUT2D eigenvalue weighted by atomic mass is 10.0. The van der Waals surface area contributed by atoms with Gasteiger partial charge in [0.1, 0.15) is 0 Å². The van der Waals surface area contributed by atoms with E-state index < -0.39 is 0 Å². The SMILES string of the molecule is CCN(CC)CC.c1ccc2c(c1)ccc1ccccc12.c1ccc2c(c1)ccc1ccccc12. The van der Waals surface area contributed by atoms with Gasteiger partial charge >= 0.3 is 0 Å². The minimum absolute atomic E-state index is 1.19. The molecule has 35 heavy (non-hydrogen) atoms. The molecule has 0 aliphatic heterocycles. The molecule has 6 aromatic rings. The van der Waals surface area contributed by atoms with Gasteiger partial charge < -0.3 is 4.90 Å². The monoisotopic (exact) mass is 457 g/mol. The zero-order valence-electron chi connectivity index (χ0n) is 21.1. The first kappa shape index (κ1) is 24.4. The fourth-order valence-electron chi connectivity index (χ4n) is 4.58. The van der Waals surface area contributed by atoms with Crippen molar-refractivity contribution in [3.8, 4) is 0 Å². The van der Waals surface area contributed by atoms with Crippen LogP contribution in [-0.4, -0.2) is 24.5 Å². The summed E-state index contributed by atoms with van der Waals surface area (Å²) >= 11 is 0. The molecule has 0 bridgehead atoms. The van der Waals surface area contributed by atoms with Crippen molar-refractivity contribution in [1.82, 2.24) is 4.90 Å². The molecule has 0 amide bonds. The molecule has 0 saturated heterocycles. The van der Waals surface area contributed by atoms with Gasteiger partial charge in [-0.15, -0.1) is 0 Å². The first-order valence-corrected chi connectivity index (χ1v) is 12.7. The predicted molar refractivity (Wildman–Crippen MR) is 156 cm³/mol. The van der Waals surface area contributed by atoms with Crippen molar-refractivity contribution in [2.24, 2.45) is 0 Å². The van der Waals surface area contributed by atoms with Gasteiger partial charge in [0, 0.05) is 0 Å². The minimum atomic E-state index is 1.19. The van der Waals surface area contributed by atoms with Crippen molar-refractivity contribution >= 4 is 43.1 Å². The van der Waals surface area contributed by atoms with Crippen LogP contribution in [0, 0.1) is 0 Å².